The summed E-state index contributed by atoms with van der Waals surface area (Å²) in [5.41, 5.74) is -0.0499. The molecule has 0 bridgehead atoms. The van der Waals surface area contributed by atoms with Crippen LogP contribution in [0, 0.1) is 0 Å². The van der Waals surface area contributed by atoms with Gasteiger partial charge in [0.05, 0.1) is 0 Å². The summed E-state index contributed by atoms with van der Waals surface area (Å²) in [4.78, 5) is 11.8. The molecule has 0 fully saturated rings. The van der Waals surface area contributed by atoms with Gasteiger partial charge >= 0.3 is 5.97 Å². The topological polar surface area (TPSA) is 63.3 Å². The minimum atomic E-state index is -1.07. The summed E-state index contributed by atoms with van der Waals surface area (Å²) >= 11 is 1.67. The largest absolute Gasteiger partial charge is 0.476 e. The predicted molar refractivity (Wildman–Crippen MR) is 68.1 cm³/mol. The Morgan fingerprint density at radius 2 is 2.17 bits per heavy atom. The van der Waals surface area contributed by atoms with Gasteiger partial charge in [0.2, 0.25) is 0 Å². The molecule has 0 unspecified atom stereocenters. The van der Waals surface area contributed by atoms with Gasteiger partial charge in [-0.25, -0.2) is 4.79 Å². The van der Waals surface area contributed by atoms with E-state index in [9.17, 15) is 4.79 Å². The molecule has 0 amide bonds. The molecular weight excluding hydrogens is 250 g/mol. The number of aromatic carboxylic acids is 1. The van der Waals surface area contributed by atoms with Gasteiger partial charge in [0.25, 0.3) is 0 Å². The van der Waals surface area contributed by atoms with Crippen LogP contribution < -0.4 is 0 Å². The third-order valence-corrected chi connectivity index (χ3v) is 3.72. The molecule has 2 aromatic heterocycles. The summed E-state index contributed by atoms with van der Waals surface area (Å²) in [5.74, 6) is -0.500. The molecule has 0 spiro atoms. The second-order valence-electron chi connectivity index (χ2n) is 3.91. The maximum absolute atomic E-state index is 10.7. The molecule has 3 rings (SSSR count). The van der Waals surface area contributed by atoms with Crippen LogP contribution in [0.5, 0.6) is 0 Å². The Balaban J connectivity index is 1.88. The van der Waals surface area contributed by atoms with Gasteiger partial charge in [-0.3, -0.25) is 0 Å². The molecule has 0 aliphatic carbocycles. The van der Waals surface area contributed by atoms with Crippen molar-refractivity contribution in [2.45, 2.75) is 6.42 Å². The van der Waals surface area contributed by atoms with Crippen molar-refractivity contribution in [1.82, 2.24) is 5.16 Å². The van der Waals surface area contributed by atoms with Crippen molar-refractivity contribution >= 4 is 27.4 Å². The highest BCUT2D eigenvalue weighted by Gasteiger charge is 2.12. The number of thiophene rings is 1. The van der Waals surface area contributed by atoms with Crippen LogP contribution in [0.1, 0.15) is 21.1 Å². The van der Waals surface area contributed by atoms with Crippen LogP contribution in [-0.2, 0) is 6.42 Å². The van der Waals surface area contributed by atoms with E-state index in [0.29, 0.717) is 12.2 Å². The number of hydrogen-bond acceptors (Lipinski definition) is 4. The number of carbonyl (C=O) groups is 1. The molecule has 3 aromatic rings. The van der Waals surface area contributed by atoms with Gasteiger partial charge in [0, 0.05) is 22.1 Å². The Hall–Kier alpha value is -2.14. The fourth-order valence-corrected chi connectivity index (χ4v) is 2.87. The zero-order valence-corrected chi connectivity index (χ0v) is 10.1. The van der Waals surface area contributed by atoms with Crippen LogP contribution in [0.25, 0.3) is 10.1 Å². The van der Waals surface area contributed by atoms with Crippen molar-refractivity contribution in [1.29, 1.82) is 0 Å². The van der Waals surface area contributed by atoms with Gasteiger partial charge in [-0.1, -0.05) is 23.4 Å². The van der Waals surface area contributed by atoms with Gasteiger partial charge < -0.3 is 9.63 Å². The first-order valence-corrected chi connectivity index (χ1v) is 6.20. The average Bonchev–Trinajstić information content (AvgIpc) is 2.94. The maximum Gasteiger partial charge on any atom is 0.358 e. The normalized spacial score (nSPS) is 10.9. The van der Waals surface area contributed by atoms with Gasteiger partial charge in [-0.05, 0) is 17.5 Å². The number of fused-ring (bicyclic) bond motifs is 1. The highest BCUT2D eigenvalue weighted by Crippen LogP contribution is 2.27. The Kier molecular flexibility index (Phi) is 2.60. The zero-order valence-electron chi connectivity index (χ0n) is 9.29. The van der Waals surface area contributed by atoms with Gasteiger partial charge in [-0.15, -0.1) is 11.3 Å². The molecule has 1 aromatic carbocycles. The second kappa shape index (κ2) is 4.27. The molecule has 0 aliphatic heterocycles. The van der Waals surface area contributed by atoms with Crippen molar-refractivity contribution in [3.05, 3.63) is 52.7 Å². The number of rotatable bonds is 3. The summed E-state index contributed by atoms with van der Waals surface area (Å²) < 4.78 is 6.22. The average molecular weight is 259 g/mol. The lowest BCUT2D eigenvalue weighted by Crippen LogP contribution is -1.94. The predicted octanol–water partition coefficient (Wildman–Crippen LogP) is 3.18. The molecule has 18 heavy (non-hydrogen) atoms. The molecule has 0 radical (unpaired) electrons. The molecule has 0 saturated heterocycles. The summed E-state index contributed by atoms with van der Waals surface area (Å²) in [5, 5.41) is 13.4. The first-order valence-electron chi connectivity index (χ1n) is 5.39. The van der Waals surface area contributed by atoms with Crippen molar-refractivity contribution < 1.29 is 14.4 Å². The lowest BCUT2D eigenvalue weighted by atomic mass is 10.2. The molecule has 0 saturated carbocycles. The Morgan fingerprint density at radius 1 is 1.33 bits per heavy atom. The van der Waals surface area contributed by atoms with Gasteiger partial charge in [-0.2, -0.15) is 0 Å². The van der Waals surface area contributed by atoms with E-state index < -0.39 is 5.97 Å². The molecule has 1 N–H and O–H groups in total. The maximum atomic E-state index is 10.7. The van der Waals surface area contributed by atoms with Crippen molar-refractivity contribution in [3.63, 3.8) is 0 Å². The van der Waals surface area contributed by atoms with Crippen LogP contribution in [0.2, 0.25) is 0 Å². The smallest absolute Gasteiger partial charge is 0.358 e. The number of benzene rings is 1. The van der Waals surface area contributed by atoms with Gasteiger partial charge in [0.1, 0.15) is 5.76 Å². The Bertz CT molecular complexity index is 681. The second-order valence-corrected chi connectivity index (χ2v) is 5.08. The van der Waals surface area contributed by atoms with Crippen LogP contribution in [0.3, 0.4) is 0 Å². The lowest BCUT2D eigenvalue weighted by Gasteiger charge is -1.88. The summed E-state index contributed by atoms with van der Waals surface area (Å²) in [7, 11) is 0. The standard InChI is InChI=1S/C13H9NO3S/c15-13(16)11-7-9(17-14-11)6-10-5-8-3-1-2-4-12(8)18-10/h1-5,7H,6H2,(H,15,16). The summed E-state index contributed by atoms with van der Waals surface area (Å²) in [6, 6.07) is 11.7. The highest BCUT2D eigenvalue weighted by molar-refractivity contribution is 7.19. The van der Waals surface area contributed by atoms with E-state index in [0.717, 1.165) is 4.88 Å². The van der Waals surface area contributed by atoms with Crippen molar-refractivity contribution in [3.8, 4) is 0 Å². The number of hydrogen-bond donors (Lipinski definition) is 1. The zero-order chi connectivity index (χ0) is 12.5. The first kappa shape index (κ1) is 11.0. The van der Waals surface area contributed by atoms with Crippen LogP contribution >= 0.6 is 11.3 Å². The lowest BCUT2D eigenvalue weighted by molar-refractivity contribution is 0.0685. The molecule has 90 valence electrons. The van der Waals surface area contributed by atoms with E-state index in [2.05, 4.69) is 23.4 Å². The molecule has 0 atom stereocenters. The van der Waals surface area contributed by atoms with Gasteiger partial charge in [0.15, 0.2) is 5.69 Å². The first-order chi connectivity index (χ1) is 8.72. The van der Waals surface area contributed by atoms with Crippen LogP contribution in [0.15, 0.2) is 40.9 Å². The molecule has 0 aliphatic rings. The van der Waals surface area contributed by atoms with E-state index in [4.69, 9.17) is 9.63 Å². The van der Waals surface area contributed by atoms with Crippen LogP contribution in [-0.4, -0.2) is 16.2 Å². The molecule has 5 heteroatoms. The van der Waals surface area contributed by atoms with E-state index in [-0.39, 0.29) is 5.69 Å². The number of carboxylic acid groups (broad SMARTS) is 1. The number of nitrogens with zero attached hydrogens (tertiary/aromatic N) is 1. The minimum Gasteiger partial charge on any atom is -0.476 e. The third-order valence-electron chi connectivity index (χ3n) is 2.60. The third kappa shape index (κ3) is 2.00. The van der Waals surface area contributed by atoms with Crippen molar-refractivity contribution in [2.75, 3.05) is 0 Å². The van der Waals surface area contributed by atoms with Crippen molar-refractivity contribution in [2.24, 2.45) is 0 Å². The number of aromatic nitrogens is 1. The fraction of sp³-hybridized carbons (Fsp3) is 0.0769. The molecular formula is C13H9NO3S. The minimum absolute atomic E-state index is 0.0499. The fourth-order valence-electron chi connectivity index (χ4n) is 1.79. The van der Waals surface area contributed by atoms with Crippen LogP contribution in [0.4, 0.5) is 0 Å². The summed E-state index contributed by atoms with van der Waals surface area (Å²) in [6.45, 7) is 0. The van der Waals surface area contributed by atoms with E-state index in [1.54, 1.807) is 11.3 Å². The summed E-state index contributed by atoms with van der Waals surface area (Å²) in [6.07, 6.45) is 0.569. The Morgan fingerprint density at radius 3 is 2.89 bits per heavy atom. The quantitative estimate of drug-likeness (QED) is 0.784. The highest BCUT2D eigenvalue weighted by atomic mass is 32.1. The monoisotopic (exact) mass is 259 g/mol. The van der Waals surface area contributed by atoms with E-state index in [1.807, 2.05) is 12.1 Å². The Labute approximate surface area is 106 Å². The molecule has 4 nitrogen and oxygen atoms in total. The van der Waals surface area contributed by atoms with E-state index >= 15 is 0 Å². The molecule has 2 heterocycles. The number of carboxylic acids is 1. The van der Waals surface area contributed by atoms with E-state index in [1.165, 1.54) is 16.2 Å². The SMILES string of the molecule is O=C(O)c1cc(Cc2cc3ccccc3s2)on1.